The second-order valence-corrected chi connectivity index (χ2v) is 10.3. The summed E-state index contributed by atoms with van der Waals surface area (Å²) < 4.78 is 32.8. The number of likely N-dealkylation sites (tertiary alicyclic amines) is 2. The number of halogens is 3. The predicted molar refractivity (Wildman–Crippen MR) is 140 cm³/mol. The van der Waals surface area contributed by atoms with Gasteiger partial charge in [0.25, 0.3) is 11.8 Å². The fourth-order valence-corrected chi connectivity index (χ4v) is 5.97. The number of methoxy groups -OCH3 is 1. The Morgan fingerprint density at radius 3 is 2.50 bits per heavy atom. The number of ether oxygens (including phenoxy) is 1. The molecule has 0 bridgehead atoms. The quantitative estimate of drug-likeness (QED) is 0.408. The van der Waals surface area contributed by atoms with Crippen LogP contribution >= 0.6 is 11.6 Å². The monoisotopic (exact) mass is 539 g/mol. The molecule has 198 valence electrons. The Hall–Kier alpha value is -3.52. The average Bonchev–Trinajstić information content (AvgIpc) is 3.21. The minimum Gasteiger partial charge on any atom is -0.497 e. The van der Waals surface area contributed by atoms with Gasteiger partial charge < -0.3 is 14.5 Å². The normalized spacial score (nSPS) is 19.5. The highest BCUT2D eigenvalue weighted by Crippen LogP contribution is 2.40. The van der Waals surface area contributed by atoms with E-state index in [1.54, 1.807) is 30.3 Å². The van der Waals surface area contributed by atoms with Crippen molar-refractivity contribution in [3.63, 3.8) is 0 Å². The zero-order chi connectivity index (χ0) is 26.9. The molecule has 0 saturated carbocycles. The predicted octanol–water partition coefficient (Wildman–Crippen LogP) is 5.99. The van der Waals surface area contributed by atoms with Crippen LogP contribution in [0.5, 0.6) is 5.75 Å². The minimum atomic E-state index is -0.991. The molecule has 0 N–H and O–H groups in total. The van der Waals surface area contributed by atoms with Crippen LogP contribution in [0.15, 0.2) is 54.7 Å². The number of hydrogen-bond donors (Lipinski definition) is 0. The lowest BCUT2D eigenvalue weighted by Gasteiger charge is -2.38. The van der Waals surface area contributed by atoms with Crippen LogP contribution in [0.4, 0.5) is 8.78 Å². The molecule has 0 radical (unpaired) electrons. The standard InChI is InChI=1S/C29H28ClF2N3O3/c1-38-22-16-20(15-21(30)18-22)27(36)34-12-3-8-29(10-14-34)9-4-13-35(29)28(37)23-5-2-11-33-26(23)19-6-7-24(31)25(32)17-19/h2,5-7,11,15-18H,3-4,8-10,12-14H2,1H3. The number of amides is 2. The first kappa shape index (κ1) is 26.1. The van der Waals surface area contributed by atoms with E-state index in [4.69, 9.17) is 16.3 Å². The molecule has 2 saturated heterocycles. The largest absolute Gasteiger partial charge is 0.497 e. The van der Waals surface area contributed by atoms with Gasteiger partial charge in [0.05, 0.1) is 18.4 Å². The third-order valence-corrected chi connectivity index (χ3v) is 7.85. The smallest absolute Gasteiger partial charge is 0.256 e. The number of hydrogen-bond acceptors (Lipinski definition) is 4. The number of rotatable bonds is 4. The second kappa shape index (κ2) is 10.7. The maximum absolute atomic E-state index is 14.0. The van der Waals surface area contributed by atoms with Crippen molar-refractivity contribution in [2.24, 2.45) is 0 Å². The van der Waals surface area contributed by atoms with Gasteiger partial charge >= 0.3 is 0 Å². The molecule has 1 atom stereocenters. The summed E-state index contributed by atoms with van der Waals surface area (Å²) in [4.78, 5) is 35.3. The van der Waals surface area contributed by atoms with Crippen molar-refractivity contribution in [2.75, 3.05) is 26.7 Å². The second-order valence-electron chi connectivity index (χ2n) is 9.84. The van der Waals surface area contributed by atoms with Crippen molar-refractivity contribution in [3.8, 4) is 17.0 Å². The molecular formula is C29H28ClF2N3O3. The Bertz CT molecular complexity index is 1380. The van der Waals surface area contributed by atoms with E-state index in [0.717, 1.165) is 37.8 Å². The van der Waals surface area contributed by atoms with Crippen molar-refractivity contribution in [1.82, 2.24) is 14.8 Å². The van der Waals surface area contributed by atoms with Crippen molar-refractivity contribution >= 4 is 23.4 Å². The first-order valence-corrected chi connectivity index (χ1v) is 13.1. The number of nitrogens with zero attached hydrogens (tertiary/aromatic N) is 3. The molecule has 2 aromatic carbocycles. The third kappa shape index (κ3) is 4.97. The Morgan fingerprint density at radius 1 is 0.947 bits per heavy atom. The molecule has 3 aromatic rings. The van der Waals surface area contributed by atoms with E-state index in [9.17, 15) is 18.4 Å². The summed E-state index contributed by atoms with van der Waals surface area (Å²) in [6.45, 7) is 1.66. The molecular weight excluding hydrogens is 512 g/mol. The van der Waals surface area contributed by atoms with Gasteiger partial charge in [-0.3, -0.25) is 14.6 Å². The maximum Gasteiger partial charge on any atom is 0.256 e. The summed E-state index contributed by atoms with van der Waals surface area (Å²) in [6, 6.07) is 11.9. The van der Waals surface area contributed by atoms with E-state index in [-0.39, 0.29) is 17.4 Å². The van der Waals surface area contributed by atoms with Crippen LogP contribution < -0.4 is 4.74 Å². The van der Waals surface area contributed by atoms with Gasteiger partial charge in [-0.2, -0.15) is 0 Å². The van der Waals surface area contributed by atoms with Crippen LogP contribution in [0, 0.1) is 11.6 Å². The van der Waals surface area contributed by atoms with E-state index in [1.165, 1.54) is 19.4 Å². The summed E-state index contributed by atoms with van der Waals surface area (Å²) in [6.07, 6.45) is 5.38. The number of pyridine rings is 1. The molecule has 3 heterocycles. The number of carbonyl (C=O) groups excluding carboxylic acids is 2. The molecule has 2 amide bonds. The Kier molecular flexibility index (Phi) is 7.34. The van der Waals surface area contributed by atoms with E-state index >= 15 is 0 Å². The summed E-state index contributed by atoms with van der Waals surface area (Å²) in [5.41, 5.74) is 1.09. The van der Waals surface area contributed by atoms with E-state index in [0.29, 0.717) is 59.2 Å². The molecule has 2 fully saturated rings. The van der Waals surface area contributed by atoms with Gasteiger partial charge in [-0.05, 0) is 80.6 Å². The first-order chi connectivity index (χ1) is 18.3. The number of benzene rings is 2. The molecule has 1 unspecified atom stereocenters. The average molecular weight is 540 g/mol. The number of carbonyl (C=O) groups is 2. The van der Waals surface area contributed by atoms with Crippen molar-refractivity contribution in [2.45, 2.75) is 37.6 Å². The zero-order valence-electron chi connectivity index (χ0n) is 21.1. The maximum atomic E-state index is 14.0. The molecule has 5 rings (SSSR count). The fourth-order valence-electron chi connectivity index (χ4n) is 5.74. The van der Waals surface area contributed by atoms with Crippen LogP contribution in [0.3, 0.4) is 0 Å². The third-order valence-electron chi connectivity index (χ3n) is 7.63. The van der Waals surface area contributed by atoms with Gasteiger partial charge in [-0.25, -0.2) is 8.78 Å². The Labute approximate surface area is 225 Å². The summed E-state index contributed by atoms with van der Waals surface area (Å²) in [7, 11) is 1.53. The SMILES string of the molecule is COc1cc(Cl)cc(C(=O)N2CCCC3(CCCN3C(=O)c3cccnc3-c3ccc(F)c(F)c3)CC2)c1. The molecule has 1 spiro atoms. The van der Waals surface area contributed by atoms with Crippen LogP contribution in [0.2, 0.25) is 5.02 Å². The fraction of sp³-hybridized carbons (Fsp3) is 0.345. The van der Waals surface area contributed by atoms with Crippen molar-refractivity contribution in [3.05, 3.63) is 82.5 Å². The van der Waals surface area contributed by atoms with E-state index in [2.05, 4.69) is 4.98 Å². The lowest BCUT2D eigenvalue weighted by molar-refractivity contribution is 0.0555. The molecule has 9 heteroatoms. The van der Waals surface area contributed by atoms with Crippen molar-refractivity contribution < 1.29 is 23.1 Å². The highest BCUT2D eigenvalue weighted by Gasteiger charge is 2.45. The molecule has 2 aliphatic heterocycles. The van der Waals surface area contributed by atoms with Gasteiger partial charge in [-0.1, -0.05) is 11.6 Å². The minimum absolute atomic E-state index is 0.119. The lowest BCUT2D eigenvalue weighted by Crippen LogP contribution is -2.48. The first-order valence-electron chi connectivity index (χ1n) is 12.7. The van der Waals surface area contributed by atoms with Gasteiger partial charge in [-0.15, -0.1) is 0 Å². The summed E-state index contributed by atoms with van der Waals surface area (Å²) in [5.74, 6) is -1.73. The number of aromatic nitrogens is 1. The topological polar surface area (TPSA) is 62.7 Å². The van der Waals surface area contributed by atoms with Gasteiger partial charge in [0.2, 0.25) is 0 Å². The lowest BCUT2D eigenvalue weighted by atomic mass is 9.87. The summed E-state index contributed by atoms with van der Waals surface area (Å²) in [5, 5.41) is 0.430. The molecule has 6 nitrogen and oxygen atoms in total. The Morgan fingerprint density at radius 2 is 1.74 bits per heavy atom. The highest BCUT2D eigenvalue weighted by molar-refractivity contribution is 6.31. The van der Waals surface area contributed by atoms with E-state index in [1.807, 2.05) is 9.80 Å². The van der Waals surface area contributed by atoms with Gasteiger partial charge in [0.1, 0.15) is 5.75 Å². The zero-order valence-corrected chi connectivity index (χ0v) is 21.8. The van der Waals surface area contributed by atoms with Crippen LogP contribution in [0.1, 0.15) is 52.8 Å². The molecule has 2 aliphatic rings. The Balaban J connectivity index is 1.38. The molecule has 1 aromatic heterocycles. The van der Waals surface area contributed by atoms with Crippen LogP contribution in [0.25, 0.3) is 11.3 Å². The summed E-state index contributed by atoms with van der Waals surface area (Å²) >= 11 is 6.19. The van der Waals surface area contributed by atoms with Gasteiger partial charge in [0, 0.05) is 47.5 Å². The molecule has 38 heavy (non-hydrogen) atoms. The van der Waals surface area contributed by atoms with Crippen LogP contribution in [-0.2, 0) is 0 Å². The van der Waals surface area contributed by atoms with Crippen molar-refractivity contribution in [1.29, 1.82) is 0 Å². The molecule has 0 aliphatic carbocycles. The van der Waals surface area contributed by atoms with Crippen LogP contribution in [-0.4, -0.2) is 58.9 Å². The van der Waals surface area contributed by atoms with E-state index < -0.39 is 11.6 Å². The highest BCUT2D eigenvalue weighted by atomic mass is 35.5. The van der Waals surface area contributed by atoms with Gasteiger partial charge in [0.15, 0.2) is 11.6 Å².